The normalized spacial score (nSPS) is 15.2. The maximum Gasteiger partial charge on any atom is 0.227 e. The predicted molar refractivity (Wildman–Crippen MR) is 85.9 cm³/mol. The van der Waals surface area contributed by atoms with Crippen molar-refractivity contribution in [1.82, 2.24) is 4.90 Å². The first kappa shape index (κ1) is 15.3. The molecule has 2 rings (SSSR count). The molecule has 1 aliphatic carbocycles. The van der Waals surface area contributed by atoms with Gasteiger partial charge in [-0.25, -0.2) is 0 Å². The minimum Gasteiger partial charge on any atom is -0.392 e. The van der Waals surface area contributed by atoms with Crippen molar-refractivity contribution in [1.29, 1.82) is 0 Å². The maximum absolute atomic E-state index is 12.5. The number of nitrogens with zero attached hydrogens (tertiary/aromatic N) is 1. The molecule has 0 heterocycles. The smallest absolute Gasteiger partial charge is 0.227 e. The van der Waals surface area contributed by atoms with E-state index in [2.05, 4.69) is 0 Å². The molecular formula is C15H19ClN2OS. The molecule has 3 nitrogen and oxygen atoms in total. The van der Waals surface area contributed by atoms with E-state index in [0.29, 0.717) is 23.0 Å². The Labute approximate surface area is 130 Å². The lowest BCUT2D eigenvalue weighted by molar-refractivity contribution is -0.131. The zero-order valence-corrected chi connectivity index (χ0v) is 12.9. The summed E-state index contributed by atoms with van der Waals surface area (Å²) in [5.74, 6) is 0.0535. The molecular weight excluding hydrogens is 292 g/mol. The number of carbonyl (C=O) groups excluding carboxylic acids is 1. The molecule has 108 valence electrons. The fourth-order valence-electron chi connectivity index (χ4n) is 2.71. The van der Waals surface area contributed by atoms with Crippen LogP contribution in [0.2, 0.25) is 5.02 Å². The van der Waals surface area contributed by atoms with Gasteiger partial charge in [0.05, 0.1) is 18.0 Å². The quantitative estimate of drug-likeness (QED) is 0.851. The number of rotatable bonds is 5. The van der Waals surface area contributed by atoms with Crippen molar-refractivity contribution in [3.63, 3.8) is 0 Å². The van der Waals surface area contributed by atoms with E-state index in [1.165, 1.54) is 0 Å². The van der Waals surface area contributed by atoms with Crippen molar-refractivity contribution >= 4 is 34.7 Å². The van der Waals surface area contributed by atoms with Crippen molar-refractivity contribution in [2.75, 3.05) is 6.54 Å². The third-order valence-electron chi connectivity index (χ3n) is 3.71. The largest absolute Gasteiger partial charge is 0.392 e. The van der Waals surface area contributed by atoms with Gasteiger partial charge in [-0.15, -0.1) is 0 Å². The average Bonchev–Trinajstić information content (AvgIpc) is 2.92. The summed E-state index contributed by atoms with van der Waals surface area (Å²) in [5, 5.41) is 0.627. The van der Waals surface area contributed by atoms with Gasteiger partial charge in [0.1, 0.15) is 0 Å². The summed E-state index contributed by atoms with van der Waals surface area (Å²) in [4.78, 5) is 14.7. The first-order chi connectivity index (χ1) is 9.58. The first-order valence-electron chi connectivity index (χ1n) is 6.89. The summed E-state index contributed by atoms with van der Waals surface area (Å²) in [6.45, 7) is 0.364. The minimum absolute atomic E-state index is 0.0535. The van der Waals surface area contributed by atoms with Crippen molar-refractivity contribution < 1.29 is 4.79 Å². The second kappa shape index (κ2) is 7.04. The van der Waals surface area contributed by atoms with Crippen LogP contribution >= 0.6 is 23.8 Å². The molecule has 5 heteroatoms. The fourth-order valence-corrected chi connectivity index (χ4v) is 3.05. The van der Waals surface area contributed by atoms with Gasteiger partial charge in [-0.1, -0.05) is 54.9 Å². The molecule has 0 radical (unpaired) electrons. The van der Waals surface area contributed by atoms with Crippen LogP contribution in [-0.2, 0) is 11.2 Å². The summed E-state index contributed by atoms with van der Waals surface area (Å²) in [7, 11) is 0. The Bertz CT molecular complexity index is 500. The molecule has 0 unspecified atom stereocenters. The molecule has 0 aliphatic heterocycles. The van der Waals surface area contributed by atoms with E-state index >= 15 is 0 Å². The van der Waals surface area contributed by atoms with E-state index in [1.54, 1.807) is 6.07 Å². The Balaban J connectivity index is 2.09. The predicted octanol–water partition coefficient (Wildman–Crippen LogP) is 2.94. The number of carbonyl (C=O) groups is 1. The Morgan fingerprint density at radius 2 is 2.00 bits per heavy atom. The first-order valence-corrected chi connectivity index (χ1v) is 7.67. The van der Waals surface area contributed by atoms with Gasteiger partial charge in [0.25, 0.3) is 0 Å². The second-order valence-electron chi connectivity index (χ2n) is 5.19. The van der Waals surface area contributed by atoms with Crippen LogP contribution < -0.4 is 5.73 Å². The van der Waals surface area contributed by atoms with Gasteiger partial charge in [-0.2, -0.15) is 0 Å². The van der Waals surface area contributed by atoms with Gasteiger partial charge in [0.2, 0.25) is 5.91 Å². The lowest BCUT2D eigenvalue weighted by atomic mass is 10.1. The SMILES string of the molecule is NC(=S)CN(C(=O)Cc1ccccc1Cl)C1CCCC1. The van der Waals surface area contributed by atoms with Crippen LogP contribution in [0.15, 0.2) is 24.3 Å². The Morgan fingerprint density at radius 1 is 1.35 bits per heavy atom. The van der Waals surface area contributed by atoms with Crippen molar-refractivity contribution in [2.45, 2.75) is 38.1 Å². The highest BCUT2D eigenvalue weighted by molar-refractivity contribution is 7.80. The van der Waals surface area contributed by atoms with Crippen LogP contribution in [0.3, 0.4) is 0 Å². The van der Waals surface area contributed by atoms with E-state index in [0.717, 1.165) is 31.2 Å². The lowest BCUT2D eigenvalue weighted by Crippen LogP contribution is -2.44. The summed E-state index contributed by atoms with van der Waals surface area (Å²) in [6.07, 6.45) is 4.71. The molecule has 1 aromatic carbocycles. The van der Waals surface area contributed by atoms with Gasteiger partial charge >= 0.3 is 0 Å². The maximum atomic E-state index is 12.5. The molecule has 1 fully saturated rings. The van der Waals surface area contributed by atoms with Crippen LogP contribution in [0.5, 0.6) is 0 Å². The Morgan fingerprint density at radius 3 is 2.60 bits per heavy atom. The number of hydrogen-bond acceptors (Lipinski definition) is 2. The highest BCUT2D eigenvalue weighted by atomic mass is 35.5. The number of benzene rings is 1. The number of halogens is 1. The second-order valence-corrected chi connectivity index (χ2v) is 6.13. The summed E-state index contributed by atoms with van der Waals surface area (Å²) < 4.78 is 0. The van der Waals surface area contributed by atoms with E-state index in [4.69, 9.17) is 29.6 Å². The zero-order chi connectivity index (χ0) is 14.5. The molecule has 0 atom stereocenters. The molecule has 1 amide bonds. The third-order valence-corrected chi connectivity index (χ3v) is 4.21. The highest BCUT2D eigenvalue weighted by Gasteiger charge is 2.27. The minimum atomic E-state index is 0.0535. The molecule has 2 N–H and O–H groups in total. The zero-order valence-electron chi connectivity index (χ0n) is 11.3. The van der Waals surface area contributed by atoms with E-state index in [-0.39, 0.29) is 11.9 Å². The standard InChI is InChI=1S/C15H19ClN2OS/c16-13-8-4-1-5-11(13)9-15(19)18(10-14(17)20)12-6-2-3-7-12/h1,4-5,8,12H,2-3,6-7,9-10H2,(H2,17,20). The molecule has 0 aromatic heterocycles. The molecule has 0 saturated heterocycles. The van der Waals surface area contributed by atoms with Crippen LogP contribution in [0, 0.1) is 0 Å². The molecule has 0 bridgehead atoms. The summed E-state index contributed by atoms with van der Waals surface area (Å²) >= 11 is 11.1. The number of amides is 1. The number of thiocarbonyl (C=S) groups is 1. The molecule has 20 heavy (non-hydrogen) atoms. The summed E-state index contributed by atoms with van der Waals surface area (Å²) in [6, 6.07) is 7.71. The Kier molecular flexibility index (Phi) is 5.38. The summed E-state index contributed by atoms with van der Waals surface area (Å²) in [5.41, 5.74) is 6.49. The molecule has 1 saturated carbocycles. The number of nitrogens with two attached hydrogens (primary N) is 1. The van der Waals surface area contributed by atoms with Crippen molar-refractivity contribution in [3.05, 3.63) is 34.9 Å². The fraction of sp³-hybridized carbons (Fsp3) is 0.467. The van der Waals surface area contributed by atoms with Crippen molar-refractivity contribution in [2.24, 2.45) is 5.73 Å². The van der Waals surface area contributed by atoms with Gasteiger partial charge in [0, 0.05) is 11.1 Å². The van der Waals surface area contributed by atoms with Gasteiger partial charge < -0.3 is 10.6 Å². The van der Waals surface area contributed by atoms with Gasteiger partial charge in [0.15, 0.2) is 0 Å². The molecule has 0 spiro atoms. The average molecular weight is 311 g/mol. The van der Waals surface area contributed by atoms with Crippen LogP contribution in [-0.4, -0.2) is 28.4 Å². The van der Waals surface area contributed by atoms with Crippen LogP contribution in [0.1, 0.15) is 31.2 Å². The molecule has 1 aliphatic rings. The van der Waals surface area contributed by atoms with E-state index in [9.17, 15) is 4.79 Å². The number of hydrogen-bond donors (Lipinski definition) is 1. The van der Waals surface area contributed by atoms with Gasteiger partial charge in [-0.3, -0.25) is 4.79 Å². The molecule has 1 aromatic rings. The van der Waals surface area contributed by atoms with Crippen LogP contribution in [0.4, 0.5) is 0 Å². The van der Waals surface area contributed by atoms with Crippen molar-refractivity contribution in [3.8, 4) is 0 Å². The monoisotopic (exact) mass is 310 g/mol. The topological polar surface area (TPSA) is 46.3 Å². The lowest BCUT2D eigenvalue weighted by Gasteiger charge is -2.28. The van der Waals surface area contributed by atoms with Crippen LogP contribution in [0.25, 0.3) is 0 Å². The van der Waals surface area contributed by atoms with E-state index < -0.39 is 0 Å². The Hall–Kier alpha value is -1.13. The third kappa shape index (κ3) is 3.93. The van der Waals surface area contributed by atoms with Gasteiger partial charge in [-0.05, 0) is 24.5 Å². The highest BCUT2D eigenvalue weighted by Crippen LogP contribution is 2.25. The van der Waals surface area contributed by atoms with E-state index in [1.807, 2.05) is 23.1 Å².